The molecule has 0 aliphatic rings. The van der Waals surface area contributed by atoms with Crippen LogP contribution in [0.2, 0.25) is 5.02 Å². The van der Waals surface area contributed by atoms with E-state index in [-0.39, 0.29) is 11.0 Å². The zero-order valence-electron chi connectivity index (χ0n) is 17.7. The number of hydrogen-bond donors (Lipinski definition) is 2. The van der Waals surface area contributed by atoms with Crippen molar-refractivity contribution in [1.82, 2.24) is 10.3 Å². The molecule has 1 amide bonds. The zero-order chi connectivity index (χ0) is 22.7. The number of halogens is 1. The maximum absolute atomic E-state index is 12.5. The molecule has 0 unspecified atom stereocenters. The van der Waals surface area contributed by atoms with Crippen LogP contribution in [0.15, 0.2) is 65.1 Å². The highest BCUT2D eigenvalue weighted by Crippen LogP contribution is 2.32. The number of hydrogen-bond acceptors (Lipinski definition) is 4. The Hall–Kier alpha value is -3.22. The van der Waals surface area contributed by atoms with E-state index >= 15 is 0 Å². The standard InChI is InChI=1S/C25H22ClN3O2S/c1-3-15-5-8-17(9-6-15)23(30)29-25(32)27-18-10-11-20(26)19(14-18)24-28-21-13-16(4-2)7-12-22(21)31-24/h5-14H,3-4H2,1-2H3,(H2,27,29,30,32). The van der Waals surface area contributed by atoms with Gasteiger partial charge in [-0.05, 0) is 78.7 Å². The second-order valence-corrected chi connectivity index (χ2v) is 8.14. The van der Waals surface area contributed by atoms with Crippen LogP contribution < -0.4 is 10.6 Å². The second kappa shape index (κ2) is 9.51. The van der Waals surface area contributed by atoms with Gasteiger partial charge in [0.1, 0.15) is 5.52 Å². The summed E-state index contributed by atoms with van der Waals surface area (Å²) in [5.74, 6) is 0.151. The third-order valence-corrected chi connectivity index (χ3v) is 5.70. The van der Waals surface area contributed by atoms with Gasteiger partial charge in [-0.3, -0.25) is 10.1 Å². The number of benzene rings is 3. The molecule has 5 nitrogen and oxygen atoms in total. The fraction of sp³-hybridized carbons (Fsp3) is 0.160. The molecule has 0 fully saturated rings. The van der Waals surface area contributed by atoms with Crippen molar-refractivity contribution >= 4 is 51.6 Å². The van der Waals surface area contributed by atoms with Crippen molar-refractivity contribution in [3.05, 3.63) is 82.4 Å². The van der Waals surface area contributed by atoms with E-state index in [1.807, 2.05) is 30.3 Å². The number of oxazole rings is 1. The summed E-state index contributed by atoms with van der Waals surface area (Å²) in [6.45, 7) is 4.16. The van der Waals surface area contributed by atoms with Crippen molar-refractivity contribution in [3.8, 4) is 11.5 Å². The van der Waals surface area contributed by atoms with Crippen LogP contribution >= 0.6 is 23.8 Å². The number of carbonyl (C=O) groups excluding carboxylic acids is 1. The Morgan fingerprint density at radius 2 is 1.72 bits per heavy atom. The summed E-state index contributed by atoms with van der Waals surface area (Å²) in [4.78, 5) is 17.0. The van der Waals surface area contributed by atoms with E-state index in [2.05, 4.69) is 29.5 Å². The first kappa shape index (κ1) is 22.0. The monoisotopic (exact) mass is 463 g/mol. The van der Waals surface area contributed by atoms with Crippen LogP contribution in [0.1, 0.15) is 35.3 Å². The van der Waals surface area contributed by atoms with Gasteiger partial charge in [-0.1, -0.05) is 43.6 Å². The van der Waals surface area contributed by atoms with Gasteiger partial charge in [0.2, 0.25) is 5.89 Å². The smallest absolute Gasteiger partial charge is 0.257 e. The number of aromatic nitrogens is 1. The number of nitrogens with one attached hydrogen (secondary N) is 2. The topological polar surface area (TPSA) is 67.2 Å². The summed E-state index contributed by atoms with van der Waals surface area (Å²) < 4.78 is 5.91. The first-order valence-electron chi connectivity index (χ1n) is 10.4. The highest BCUT2D eigenvalue weighted by atomic mass is 35.5. The lowest BCUT2D eigenvalue weighted by atomic mass is 10.1. The number of nitrogens with zero attached hydrogens (tertiary/aromatic N) is 1. The van der Waals surface area contributed by atoms with Crippen LogP contribution in [0.4, 0.5) is 5.69 Å². The molecule has 0 bridgehead atoms. The molecule has 162 valence electrons. The van der Waals surface area contributed by atoms with Crippen LogP contribution in [0, 0.1) is 0 Å². The van der Waals surface area contributed by atoms with Crippen molar-refractivity contribution < 1.29 is 9.21 Å². The molecule has 3 aromatic carbocycles. The molecule has 0 saturated heterocycles. The van der Waals surface area contributed by atoms with Gasteiger partial charge in [-0.2, -0.15) is 0 Å². The van der Waals surface area contributed by atoms with Crippen molar-refractivity contribution in [3.63, 3.8) is 0 Å². The predicted octanol–water partition coefficient (Wildman–Crippen LogP) is 6.40. The highest BCUT2D eigenvalue weighted by molar-refractivity contribution is 7.80. The van der Waals surface area contributed by atoms with Crippen LogP contribution in [-0.2, 0) is 12.8 Å². The van der Waals surface area contributed by atoms with E-state index in [1.54, 1.807) is 30.3 Å². The van der Waals surface area contributed by atoms with Crippen molar-refractivity contribution in [2.24, 2.45) is 0 Å². The van der Waals surface area contributed by atoms with Crippen LogP contribution in [0.5, 0.6) is 0 Å². The molecule has 32 heavy (non-hydrogen) atoms. The Morgan fingerprint density at radius 1 is 1.00 bits per heavy atom. The van der Waals surface area contributed by atoms with E-state index < -0.39 is 0 Å². The molecule has 4 rings (SSSR count). The quantitative estimate of drug-likeness (QED) is 0.335. The van der Waals surface area contributed by atoms with Gasteiger partial charge in [0.05, 0.1) is 10.6 Å². The molecule has 0 spiro atoms. The molecule has 0 aliphatic carbocycles. The lowest BCUT2D eigenvalue weighted by Crippen LogP contribution is -2.34. The van der Waals surface area contributed by atoms with E-state index in [9.17, 15) is 4.79 Å². The molecule has 2 N–H and O–H groups in total. The molecule has 1 heterocycles. The van der Waals surface area contributed by atoms with Gasteiger partial charge in [-0.15, -0.1) is 0 Å². The second-order valence-electron chi connectivity index (χ2n) is 7.33. The summed E-state index contributed by atoms with van der Waals surface area (Å²) in [5.41, 5.74) is 5.67. The zero-order valence-corrected chi connectivity index (χ0v) is 19.3. The maximum atomic E-state index is 12.5. The van der Waals surface area contributed by atoms with Crippen LogP contribution in [0.3, 0.4) is 0 Å². The fourth-order valence-electron chi connectivity index (χ4n) is 3.30. The number of aryl methyl sites for hydroxylation is 2. The minimum atomic E-state index is -0.273. The van der Waals surface area contributed by atoms with E-state index in [0.717, 1.165) is 18.4 Å². The normalized spacial score (nSPS) is 10.8. The summed E-state index contributed by atoms with van der Waals surface area (Å²) in [7, 11) is 0. The van der Waals surface area contributed by atoms with Crippen LogP contribution in [-0.4, -0.2) is 16.0 Å². The van der Waals surface area contributed by atoms with Gasteiger partial charge >= 0.3 is 0 Å². The van der Waals surface area contributed by atoms with Gasteiger partial charge < -0.3 is 9.73 Å². The molecule has 1 aromatic heterocycles. The first-order chi connectivity index (χ1) is 15.5. The number of rotatable bonds is 5. The number of amides is 1. The van der Waals surface area contributed by atoms with Gasteiger partial charge in [0.15, 0.2) is 10.7 Å². The predicted molar refractivity (Wildman–Crippen MR) is 133 cm³/mol. The first-order valence-corrected chi connectivity index (χ1v) is 11.2. The largest absolute Gasteiger partial charge is 0.436 e. The van der Waals surface area contributed by atoms with Crippen LogP contribution in [0.25, 0.3) is 22.6 Å². The molecular weight excluding hydrogens is 442 g/mol. The summed E-state index contributed by atoms with van der Waals surface area (Å²) in [6.07, 6.45) is 1.84. The SMILES string of the molecule is CCc1ccc(C(=O)NC(=S)Nc2ccc(Cl)c(-c3nc4cc(CC)ccc4o3)c2)cc1. The van der Waals surface area contributed by atoms with Gasteiger partial charge in [-0.25, -0.2) is 4.98 Å². The fourth-order valence-corrected chi connectivity index (χ4v) is 3.71. The minimum absolute atomic E-state index is 0.188. The molecule has 0 atom stereocenters. The summed E-state index contributed by atoms with van der Waals surface area (Å²) in [5, 5.41) is 6.42. The minimum Gasteiger partial charge on any atom is -0.436 e. The Morgan fingerprint density at radius 3 is 2.44 bits per heavy atom. The van der Waals surface area contributed by atoms with Crippen molar-refractivity contribution in [2.45, 2.75) is 26.7 Å². The summed E-state index contributed by atoms with van der Waals surface area (Å²) in [6, 6.07) is 18.7. The lowest BCUT2D eigenvalue weighted by Gasteiger charge is -2.11. The number of anilines is 1. The molecule has 7 heteroatoms. The van der Waals surface area contributed by atoms with Crippen molar-refractivity contribution in [2.75, 3.05) is 5.32 Å². The third kappa shape index (κ3) is 4.82. The molecule has 0 saturated carbocycles. The Kier molecular flexibility index (Phi) is 6.53. The van der Waals surface area contributed by atoms with Gasteiger partial charge in [0.25, 0.3) is 5.91 Å². The Labute approximate surface area is 196 Å². The lowest BCUT2D eigenvalue weighted by molar-refractivity contribution is 0.0977. The number of fused-ring (bicyclic) bond motifs is 1. The van der Waals surface area contributed by atoms with Gasteiger partial charge in [0, 0.05) is 11.3 Å². The number of thiocarbonyl (C=S) groups is 1. The maximum Gasteiger partial charge on any atom is 0.257 e. The van der Waals surface area contributed by atoms with E-state index in [4.69, 9.17) is 28.2 Å². The highest BCUT2D eigenvalue weighted by Gasteiger charge is 2.14. The number of carbonyl (C=O) groups is 1. The molecular formula is C25H22ClN3O2S. The average molecular weight is 464 g/mol. The molecule has 4 aromatic rings. The Balaban J connectivity index is 1.51. The summed E-state index contributed by atoms with van der Waals surface area (Å²) >= 11 is 11.7. The average Bonchev–Trinajstić information content (AvgIpc) is 3.23. The molecule has 0 radical (unpaired) electrons. The Bertz CT molecular complexity index is 1300. The van der Waals surface area contributed by atoms with Crippen molar-refractivity contribution in [1.29, 1.82) is 0 Å². The van der Waals surface area contributed by atoms with E-state index in [0.29, 0.717) is 33.3 Å². The van der Waals surface area contributed by atoms with E-state index in [1.165, 1.54) is 11.1 Å². The molecule has 0 aliphatic heterocycles. The third-order valence-electron chi connectivity index (χ3n) is 5.17.